The van der Waals surface area contributed by atoms with Crippen LogP contribution in [0.3, 0.4) is 0 Å². The van der Waals surface area contributed by atoms with Crippen LogP contribution >= 0.6 is 0 Å². The third-order valence-electron chi connectivity index (χ3n) is 10.7. The number of carbonyl (C=O) groups is 1. The highest BCUT2D eigenvalue weighted by molar-refractivity contribution is 5.76. The summed E-state index contributed by atoms with van der Waals surface area (Å²) < 4.78 is 5.98. The number of carbonyl (C=O) groups excluding carboxylic acids is 1. The van der Waals surface area contributed by atoms with Crippen molar-refractivity contribution in [2.75, 3.05) is 6.54 Å². The number of esters is 1. The Hall–Kier alpha value is -0.830. The quantitative estimate of drug-likeness (QED) is 0.500. The molecule has 0 unspecified atom stereocenters. The molecule has 0 radical (unpaired) electrons. The van der Waals surface area contributed by atoms with Crippen LogP contribution in [0.4, 0.5) is 0 Å². The molecule has 1 aliphatic heterocycles. The molecule has 3 nitrogen and oxygen atoms in total. The zero-order valence-corrected chi connectivity index (χ0v) is 19.2. The van der Waals surface area contributed by atoms with Gasteiger partial charge in [-0.3, -0.25) is 4.79 Å². The molecular weight excluding hydrogens is 370 g/mol. The highest BCUT2D eigenvalue weighted by atomic mass is 16.6. The maximum atomic E-state index is 12.9. The predicted molar refractivity (Wildman–Crippen MR) is 119 cm³/mol. The smallest absolute Gasteiger partial charge is 0.311 e. The van der Waals surface area contributed by atoms with Crippen molar-refractivity contribution < 1.29 is 9.53 Å². The molecule has 0 aromatic rings. The normalized spacial score (nSPS) is 52.4. The molecule has 11 atom stereocenters. The molecule has 3 heteroatoms. The molecule has 0 aromatic carbocycles. The van der Waals surface area contributed by atoms with Crippen LogP contribution in [0.1, 0.15) is 78.6 Å². The van der Waals surface area contributed by atoms with E-state index < -0.39 is 0 Å². The van der Waals surface area contributed by atoms with Gasteiger partial charge in [-0.1, -0.05) is 31.9 Å². The summed E-state index contributed by atoms with van der Waals surface area (Å²) in [6, 6.07) is 0.531. The fourth-order valence-corrected chi connectivity index (χ4v) is 9.46. The van der Waals surface area contributed by atoms with E-state index in [-0.39, 0.29) is 23.4 Å². The third-order valence-corrected chi connectivity index (χ3v) is 10.7. The highest BCUT2D eigenvalue weighted by Gasteiger charge is 2.53. The fraction of sp³-hybridized carbons (Fsp3) is 0.889. The van der Waals surface area contributed by atoms with E-state index in [1.165, 1.54) is 51.4 Å². The summed E-state index contributed by atoms with van der Waals surface area (Å²) >= 11 is 0. The first-order chi connectivity index (χ1) is 14.4. The molecule has 6 rings (SSSR count). The van der Waals surface area contributed by atoms with Crippen LogP contribution in [0.15, 0.2) is 11.6 Å². The van der Waals surface area contributed by atoms with Crippen LogP contribution in [0.25, 0.3) is 0 Å². The van der Waals surface area contributed by atoms with Crippen molar-refractivity contribution >= 4 is 5.97 Å². The first-order valence-corrected chi connectivity index (χ1v) is 13.1. The Morgan fingerprint density at radius 1 is 1.20 bits per heavy atom. The Bertz CT molecular complexity index is 745. The average molecular weight is 412 g/mol. The van der Waals surface area contributed by atoms with Gasteiger partial charge in [-0.2, -0.15) is 0 Å². The molecule has 5 fully saturated rings. The highest BCUT2D eigenvalue weighted by Crippen LogP contribution is 2.59. The molecule has 1 N–H and O–H groups in total. The Morgan fingerprint density at radius 3 is 2.87 bits per heavy atom. The van der Waals surface area contributed by atoms with Crippen molar-refractivity contribution in [2.24, 2.45) is 52.8 Å². The molecule has 3 bridgehead atoms. The lowest BCUT2D eigenvalue weighted by atomic mass is 9.59. The van der Waals surface area contributed by atoms with E-state index >= 15 is 0 Å². The van der Waals surface area contributed by atoms with Gasteiger partial charge in [0.05, 0.1) is 5.92 Å². The summed E-state index contributed by atoms with van der Waals surface area (Å²) in [5.74, 6) is 5.78. The summed E-state index contributed by atoms with van der Waals surface area (Å²) in [6.07, 6.45) is 14.9. The second-order valence-electron chi connectivity index (χ2n) is 12.4. The number of rotatable bonds is 4. The summed E-state index contributed by atoms with van der Waals surface area (Å²) in [6.45, 7) is 8.03. The van der Waals surface area contributed by atoms with E-state index in [0.29, 0.717) is 17.9 Å². The number of ether oxygens (including phenoxy) is 1. The molecule has 30 heavy (non-hydrogen) atoms. The standard InChI is InChI=1S/C27H41NO2/c1-15-5-4-8-27(3)13-24-21(12-23(15)27)22(26(29)30-24)14-28-16(2)25-19-7-6-18-9-17(10-19)11-20(18)25/h12,15-22,24-25,28H,4-11,13-14H2,1-3H3/t15-,16-,17-,18-,19+,20-,21+,22+,24+,25+,27+/m0/s1. The van der Waals surface area contributed by atoms with Gasteiger partial charge in [-0.25, -0.2) is 0 Å². The van der Waals surface area contributed by atoms with Gasteiger partial charge in [0.25, 0.3) is 0 Å². The molecule has 0 spiro atoms. The van der Waals surface area contributed by atoms with Crippen molar-refractivity contribution in [3.05, 3.63) is 11.6 Å². The van der Waals surface area contributed by atoms with Crippen LogP contribution < -0.4 is 5.32 Å². The van der Waals surface area contributed by atoms with E-state index in [2.05, 4.69) is 32.2 Å². The molecule has 5 aliphatic carbocycles. The summed E-state index contributed by atoms with van der Waals surface area (Å²) in [5, 5.41) is 3.89. The average Bonchev–Trinajstić information content (AvgIpc) is 3.10. The third kappa shape index (κ3) is 2.97. The first-order valence-electron chi connectivity index (χ1n) is 13.1. The van der Waals surface area contributed by atoms with Gasteiger partial charge in [-0.05, 0) is 99.2 Å². The summed E-state index contributed by atoms with van der Waals surface area (Å²) in [4.78, 5) is 12.9. The Kier molecular flexibility index (Phi) is 4.68. The van der Waals surface area contributed by atoms with Gasteiger partial charge >= 0.3 is 5.97 Å². The van der Waals surface area contributed by atoms with Crippen LogP contribution in [0, 0.1) is 52.8 Å². The van der Waals surface area contributed by atoms with Gasteiger partial charge in [-0.15, -0.1) is 0 Å². The van der Waals surface area contributed by atoms with E-state index in [1.807, 2.05) is 0 Å². The van der Waals surface area contributed by atoms with E-state index in [0.717, 1.165) is 42.6 Å². The van der Waals surface area contributed by atoms with Crippen molar-refractivity contribution in [1.29, 1.82) is 0 Å². The largest absolute Gasteiger partial charge is 0.461 e. The molecule has 166 valence electrons. The van der Waals surface area contributed by atoms with Gasteiger partial charge in [0.1, 0.15) is 6.10 Å². The monoisotopic (exact) mass is 411 g/mol. The van der Waals surface area contributed by atoms with Crippen LogP contribution in [0.2, 0.25) is 0 Å². The molecular formula is C27H41NO2. The molecule has 0 aromatic heterocycles. The van der Waals surface area contributed by atoms with E-state index in [9.17, 15) is 4.79 Å². The SMILES string of the molecule is C[C@H](NC[C@H]1C(=O)O[C@@H]2C[C@@]3(C)CCC[C@H](C)C3=C[C@@H]21)[C@@H]1[C@@H]2CC[C@H]3C[C@@H](C2)C[C@@H]31. The summed E-state index contributed by atoms with van der Waals surface area (Å²) in [5.41, 5.74) is 1.89. The fourth-order valence-electron chi connectivity index (χ4n) is 9.46. The van der Waals surface area contributed by atoms with Crippen LogP contribution in [-0.2, 0) is 9.53 Å². The van der Waals surface area contributed by atoms with Crippen molar-refractivity contribution in [1.82, 2.24) is 5.32 Å². The minimum absolute atomic E-state index is 0.0146. The zero-order chi connectivity index (χ0) is 20.6. The Labute approximate surface area is 182 Å². The second kappa shape index (κ2) is 7.09. The van der Waals surface area contributed by atoms with E-state index in [4.69, 9.17) is 4.74 Å². The van der Waals surface area contributed by atoms with Crippen molar-refractivity contribution in [3.8, 4) is 0 Å². The Balaban J connectivity index is 1.16. The number of nitrogens with one attached hydrogen (secondary N) is 1. The zero-order valence-electron chi connectivity index (χ0n) is 19.2. The molecule has 0 amide bonds. The number of allylic oxidation sites excluding steroid dienone is 1. The summed E-state index contributed by atoms with van der Waals surface area (Å²) in [7, 11) is 0. The maximum Gasteiger partial charge on any atom is 0.311 e. The molecule has 6 aliphatic rings. The number of fused-ring (bicyclic) bond motifs is 4. The molecule has 4 saturated carbocycles. The lowest BCUT2D eigenvalue weighted by Crippen LogP contribution is -2.48. The van der Waals surface area contributed by atoms with Gasteiger partial charge < -0.3 is 10.1 Å². The first kappa shape index (κ1) is 19.8. The molecule has 1 heterocycles. The van der Waals surface area contributed by atoms with Gasteiger partial charge in [0.15, 0.2) is 0 Å². The lowest BCUT2D eigenvalue weighted by molar-refractivity contribution is -0.145. The number of hydrogen-bond donors (Lipinski definition) is 1. The van der Waals surface area contributed by atoms with Crippen LogP contribution in [-0.4, -0.2) is 24.7 Å². The second-order valence-corrected chi connectivity index (χ2v) is 12.4. The van der Waals surface area contributed by atoms with Crippen molar-refractivity contribution in [3.63, 3.8) is 0 Å². The van der Waals surface area contributed by atoms with E-state index in [1.54, 1.807) is 5.57 Å². The minimum Gasteiger partial charge on any atom is -0.461 e. The topological polar surface area (TPSA) is 38.3 Å². The predicted octanol–water partition coefficient (Wildman–Crippen LogP) is 5.35. The molecule has 1 saturated heterocycles. The maximum absolute atomic E-state index is 12.9. The van der Waals surface area contributed by atoms with Crippen LogP contribution in [0.5, 0.6) is 0 Å². The van der Waals surface area contributed by atoms with Gasteiger partial charge in [0, 0.05) is 18.5 Å². The lowest BCUT2D eigenvalue weighted by Gasteiger charge is -2.46. The number of hydrogen-bond acceptors (Lipinski definition) is 3. The van der Waals surface area contributed by atoms with Crippen molar-refractivity contribution in [2.45, 2.75) is 90.7 Å². The van der Waals surface area contributed by atoms with Gasteiger partial charge in [0.2, 0.25) is 0 Å². The Morgan fingerprint density at radius 2 is 2.00 bits per heavy atom. The minimum atomic E-state index is 0.0146.